The summed E-state index contributed by atoms with van der Waals surface area (Å²) in [6.45, 7) is 17.3. The average molecular weight is 589 g/mol. The molecule has 1 atom stereocenters. The number of carbonyl (C=O) groups is 2. The second-order valence-electron chi connectivity index (χ2n) is 14.4. The summed E-state index contributed by atoms with van der Waals surface area (Å²) in [6.07, 6.45) is 4.60. The van der Waals surface area contributed by atoms with Gasteiger partial charge in [-0.25, -0.2) is 0 Å². The fraction of sp³-hybridized carbons (Fsp3) is 0.568. The molecular formula is C37H52O4Si. The van der Waals surface area contributed by atoms with Crippen LogP contribution < -0.4 is 10.4 Å². The molecule has 3 rings (SSSR count). The highest BCUT2D eigenvalue weighted by Gasteiger charge is 2.50. The molecule has 1 aliphatic carbocycles. The molecule has 1 aliphatic rings. The van der Waals surface area contributed by atoms with E-state index in [0.717, 1.165) is 18.8 Å². The van der Waals surface area contributed by atoms with E-state index in [0.29, 0.717) is 31.3 Å². The van der Waals surface area contributed by atoms with Gasteiger partial charge < -0.3 is 9.16 Å². The first-order valence-corrected chi connectivity index (χ1v) is 17.6. The summed E-state index contributed by atoms with van der Waals surface area (Å²) in [4.78, 5) is 26.1. The lowest BCUT2D eigenvalue weighted by atomic mass is 9.72. The van der Waals surface area contributed by atoms with E-state index in [1.54, 1.807) is 0 Å². The Balaban J connectivity index is 1.75. The summed E-state index contributed by atoms with van der Waals surface area (Å²) in [7, 11) is -2.66. The average Bonchev–Trinajstić information content (AvgIpc) is 2.88. The zero-order valence-corrected chi connectivity index (χ0v) is 28.2. The van der Waals surface area contributed by atoms with Gasteiger partial charge in [0.15, 0.2) is 0 Å². The largest absolute Gasteiger partial charge is 0.460 e. The maximum absolute atomic E-state index is 13.3. The molecule has 42 heavy (non-hydrogen) atoms. The minimum absolute atomic E-state index is 0.0463. The Morgan fingerprint density at radius 3 is 1.93 bits per heavy atom. The van der Waals surface area contributed by atoms with Gasteiger partial charge in [0.1, 0.15) is 5.60 Å². The number of carbonyl (C=O) groups excluding carboxylic acids is 2. The van der Waals surface area contributed by atoms with E-state index in [1.165, 1.54) is 16.8 Å². The summed E-state index contributed by atoms with van der Waals surface area (Å²) in [5, 5.41) is 2.34. The van der Waals surface area contributed by atoms with Crippen molar-refractivity contribution in [2.45, 2.75) is 105 Å². The van der Waals surface area contributed by atoms with E-state index in [2.05, 4.69) is 95.0 Å². The molecule has 1 fully saturated rings. The van der Waals surface area contributed by atoms with E-state index < -0.39 is 19.8 Å². The SMILES string of the molecule is CC(C)C[C@H]1C[C@@H](C#CC(=O)[C@@H](CCCO[Si](c2ccccc2)(c2ccccc2)C(C)(C)C)CC(=O)OC(C)(C)C)C1. The van der Waals surface area contributed by atoms with Crippen LogP contribution in [-0.4, -0.2) is 32.3 Å². The van der Waals surface area contributed by atoms with Crippen LogP contribution in [0.1, 0.15) is 93.9 Å². The lowest BCUT2D eigenvalue weighted by Crippen LogP contribution is -2.66. The molecule has 0 radical (unpaired) electrons. The third-order valence-corrected chi connectivity index (χ3v) is 13.1. The van der Waals surface area contributed by atoms with Gasteiger partial charge in [-0.1, -0.05) is 101 Å². The molecule has 0 unspecified atom stereocenters. The summed E-state index contributed by atoms with van der Waals surface area (Å²) in [6, 6.07) is 21.1. The monoisotopic (exact) mass is 588 g/mol. The van der Waals surface area contributed by atoms with Gasteiger partial charge in [0, 0.05) is 18.4 Å². The van der Waals surface area contributed by atoms with Crippen molar-refractivity contribution in [3.63, 3.8) is 0 Å². The number of Topliss-reactive ketones (excluding diaryl/α,β-unsaturated/α-hetero) is 1. The Morgan fingerprint density at radius 1 is 0.905 bits per heavy atom. The van der Waals surface area contributed by atoms with Crippen LogP contribution >= 0.6 is 0 Å². The molecule has 228 valence electrons. The van der Waals surface area contributed by atoms with E-state index in [4.69, 9.17) is 9.16 Å². The molecule has 0 amide bonds. The van der Waals surface area contributed by atoms with Gasteiger partial charge in [0.05, 0.1) is 6.42 Å². The summed E-state index contributed by atoms with van der Waals surface area (Å²) >= 11 is 0. The number of esters is 1. The topological polar surface area (TPSA) is 52.6 Å². The minimum Gasteiger partial charge on any atom is -0.460 e. The third-order valence-electron chi connectivity index (χ3n) is 8.08. The van der Waals surface area contributed by atoms with Gasteiger partial charge in [-0.2, -0.15) is 0 Å². The van der Waals surface area contributed by atoms with Crippen LogP contribution in [-0.2, 0) is 18.8 Å². The van der Waals surface area contributed by atoms with Crippen molar-refractivity contribution in [2.75, 3.05) is 6.61 Å². The molecule has 1 saturated carbocycles. The maximum Gasteiger partial charge on any atom is 0.307 e. The highest BCUT2D eigenvalue weighted by molar-refractivity contribution is 6.99. The minimum atomic E-state index is -2.66. The van der Waals surface area contributed by atoms with Crippen LogP contribution in [0.4, 0.5) is 0 Å². The second kappa shape index (κ2) is 14.7. The predicted octanol–water partition coefficient (Wildman–Crippen LogP) is 7.34. The van der Waals surface area contributed by atoms with Crippen LogP contribution in [0.3, 0.4) is 0 Å². The first-order chi connectivity index (χ1) is 19.7. The summed E-state index contributed by atoms with van der Waals surface area (Å²) in [5.41, 5.74) is -0.597. The van der Waals surface area contributed by atoms with Crippen LogP contribution in [0.25, 0.3) is 0 Å². The van der Waals surface area contributed by atoms with E-state index in [-0.39, 0.29) is 23.2 Å². The summed E-state index contributed by atoms with van der Waals surface area (Å²) < 4.78 is 12.6. The second-order valence-corrected chi connectivity index (χ2v) is 18.7. The number of hydrogen-bond donors (Lipinski definition) is 0. The van der Waals surface area contributed by atoms with Gasteiger partial charge in [0.2, 0.25) is 5.78 Å². The van der Waals surface area contributed by atoms with Crippen molar-refractivity contribution < 1.29 is 18.8 Å². The molecule has 2 aromatic rings. The third kappa shape index (κ3) is 9.41. The first kappa shape index (κ1) is 33.8. The normalized spacial score (nSPS) is 18.0. The molecule has 0 heterocycles. The quantitative estimate of drug-likeness (QED) is 0.0856. The van der Waals surface area contributed by atoms with Crippen LogP contribution in [0.2, 0.25) is 5.04 Å². The van der Waals surface area contributed by atoms with Crippen LogP contribution in [0.15, 0.2) is 60.7 Å². The van der Waals surface area contributed by atoms with Gasteiger partial charge in [-0.05, 0) is 86.0 Å². The molecule has 0 saturated heterocycles. The van der Waals surface area contributed by atoms with E-state index >= 15 is 0 Å². The molecule has 5 heteroatoms. The van der Waals surface area contributed by atoms with Crippen LogP contribution in [0.5, 0.6) is 0 Å². The predicted molar refractivity (Wildman–Crippen MR) is 175 cm³/mol. The van der Waals surface area contributed by atoms with Crippen molar-refractivity contribution in [2.24, 2.45) is 23.7 Å². The van der Waals surface area contributed by atoms with Crippen molar-refractivity contribution in [3.05, 3.63) is 60.7 Å². The molecule has 0 aromatic heterocycles. The molecule has 0 aliphatic heterocycles. The smallest absolute Gasteiger partial charge is 0.307 e. The van der Waals surface area contributed by atoms with E-state index in [9.17, 15) is 9.59 Å². The number of ketones is 1. The van der Waals surface area contributed by atoms with Crippen molar-refractivity contribution in [1.29, 1.82) is 0 Å². The van der Waals surface area contributed by atoms with Crippen molar-refractivity contribution >= 4 is 30.4 Å². The Morgan fingerprint density at radius 2 is 1.45 bits per heavy atom. The zero-order valence-electron chi connectivity index (χ0n) is 27.2. The summed E-state index contributed by atoms with van der Waals surface area (Å²) in [5.74, 6) is 6.85. The Hall–Kier alpha value is -2.68. The molecular weight excluding hydrogens is 536 g/mol. The fourth-order valence-electron chi connectivity index (χ4n) is 6.21. The highest BCUT2D eigenvalue weighted by Crippen LogP contribution is 2.38. The molecule has 0 N–H and O–H groups in total. The number of ether oxygens (including phenoxy) is 1. The Labute approximate surface area is 256 Å². The number of benzene rings is 2. The maximum atomic E-state index is 13.3. The Bertz CT molecular complexity index is 1170. The molecule has 2 aromatic carbocycles. The number of hydrogen-bond acceptors (Lipinski definition) is 4. The van der Waals surface area contributed by atoms with E-state index in [1.807, 2.05) is 32.9 Å². The van der Waals surface area contributed by atoms with Gasteiger partial charge in [-0.15, -0.1) is 0 Å². The molecule has 0 spiro atoms. The van der Waals surface area contributed by atoms with Crippen molar-refractivity contribution in [1.82, 2.24) is 0 Å². The molecule has 4 nitrogen and oxygen atoms in total. The van der Waals surface area contributed by atoms with Crippen molar-refractivity contribution in [3.8, 4) is 11.8 Å². The number of rotatable bonds is 12. The fourth-order valence-corrected chi connectivity index (χ4v) is 10.8. The van der Waals surface area contributed by atoms with Crippen LogP contribution in [0, 0.1) is 35.5 Å². The van der Waals surface area contributed by atoms with Gasteiger partial charge in [-0.3, -0.25) is 9.59 Å². The highest BCUT2D eigenvalue weighted by atomic mass is 28.4. The lowest BCUT2D eigenvalue weighted by Gasteiger charge is -2.43. The lowest BCUT2D eigenvalue weighted by molar-refractivity contribution is -0.157. The van der Waals surface area contributed by atoms with Gasteiger partial charge >= 0.3 is 5.97 Å². The molecule has 0 bridgehead atoms. The Kier molecular flexibility index (Phi) is 11.8. The first-order valence-electron chi connectivity index (χ1n) is 15.7. The van der Waals surface area contributed by atoms with Gasteiger partial charge in [0.25, 0.3) is 8.32 Å². The zero-order chi connectivity index (χ0) is 31.0. The standard InChI is InChI=1S/C37H52O4Si/c1-28(2)24-30-25-29(26-30)21-22-34(38)31(27-35(39)41-36(3,4)5)16-15-23-40-42(37(6,7)8,32-17-11-9-12-18-32)33-19-13-10-14-20-33/h9-14,17-20,28-31H,15-16,23-27H2,1-8H3/t29-,30+,31-/m0/s1.